The number of aromatic amines is 1. The van der Waals surface area contributed by atoms with Gasteiger partial charge in [0.15, 0.2) is 5.78 Å². The van der Waals surface area contributed by atoms with Crippen LogP contribution in [-0.4, -0.2) is 57.7 Å². The number of Topliss-reactive ketones (excluding diaryl/α,β-unsaturated/α-hetero) is 1. The van der Waals surface area contributed by atoms with Crippen LogP contribution in [0.2, 0.25) is 0 Å². The minimum atomic E-state index is -0.0289. The Labute approximate surface area is 172 Å². The van der Waals surface area contributed by atoms with Crippen LogP contribution in [0.15, 0.2) is 6.07 Å². The molecule has 1 saturated heterocycles. The van der Waals surface area contributed by atoms with E-state index < -0.39 is 0 Å². The predicted molar refractivity (Wildman–Crippen MR) is 114 cm³/mol. The van der Waals surface area contributed by atoms with E-state index in [1.54, 1.807) is 6.92 Å². The molecule has 29 heavy (non-hydrogen) atoms. The number of nitrogens with zero attached hydrogens (tertiary/aromatic N) is 4. The Morgan fingerprint density at radius 1 is 1.14 bits per heavy atom. The number of hydrogen-bond donors (Lipinski definition) is 1. The number of amides is 1. The van der Waals surface area contributed by atoms with Gasteiger partial charge in [0.25, 0.3) is 5.91 Å². The van der Waals surface area contributed by atoms with Gasteiger partial charge in [0.1, 0.15) is 17.3 Å². The van der Waals surface area contributed by atoms with E-state index >= 15 is 0 Å². The van der Waals surface area contributed by atoms with Crippen LogP contribution < -0.4 is 4.90 Å². The lowest BCUT2D eigenvalue weighted by molar-refractivity contribution is 0.0740. The number of ketones is 1. The maximum Gasteiger partial charge on any atom is 0.270 e. The average Bonchev–Trinajstić information content (AvgIpc) is 3.03. The second-order valence-electron chi connectivity index (χ2n) is 8.05. The number of carbonyl (C=O) groups excluding carboxylic acids is 2. The van der Waals surface area contributed by atoms with Gasteiger partial charge in [-0.3, -0.25) is 9.59 Å². The Kier molecular flexibility index (Phi) is 6.05. The van der Waals surface area contributed by atoms with Crippen molar-refractivity contribution < 1.29 is 9.59 Å². The summed E-state index contributed by atoms with van der Waals surface area (Å²) in [5.41, 5.74) is 3.78. The topological polar surface area (TPSA) is 82.2 Å². The molecule has 156 valence electrons. The van der Waals surface area contributed by atoms with Gasteiger partial charge in [0, 0.05) is 55.1 Å². The zero-order valence-electron chi connectivity index (χ0n) is 18.3. The second kappa shape index (κ2) is 8.35. The lowest BCUT2D eigenvalue weighted by atomic mass is 10.0. The van der Waals surface area contributed by atoms with Gasteiger partial charge in [-0.1, -0.05) is 20.8 Å². The van der Waals surface area contributed by atoms with Crippen molar-refractivity contribution >= 4 is 17.5 Å². The largest absolute Gasteiger partial charge is 0.354 e. The molecule has 1 fully saturated rings. The highest BCUT2D eigenvalue weighted by molar-refractivity contribution is 6.02. The predicted octanol–water partition coefficient (Wildman–Crippen LogP) is 3.27. The molecule has 0 bridgehead atoms. The molecule has 1 N–H and O–H groups in total. The molecule has 0 spiro atoms. The molecule has 7 nitrogen and oxygen atoms in total. The van der Waals surface area contributed by atoms with Crippen molar-refractivity contribution in [1.82, 2.24) is 19.9 Å². The summed E-state index contributed by atoms with van der Waals surface area (Å²) in [7, 11) is 0. The van der Waals surface area contributed by atoms with Gasteiger partial charge in [-0.25, -0.2) is 9.97 Å². The van der Waals surface area contributed by atoms with Gasteiger partial charge < -0.3 is 14.8 Å². The van der Waals surface area contributed by atoms with E-state index in [1.807, 2.05) is 31.7 Å². The van der Waals surface area contributed by atoms with Crippen LogP contribution >= 0.6 is 0 Å². The van der Waals surface area contributed by atoms with Crippen LogP contribution in [0.5, 0.6) is 0 Å². The fraction of sp³-hybridized carbons (Fsp3) is 0.545. The van der Waals surface area contributed by atoms with E-state index in [9.17, 15) is 9.59 Å². The third kappa shape index (κ3) is 4.18. The number of nitrogens with one attached hydrogen (secondary N) is 1. The molecule has 0 unspecified atom stereocenters. The lowest BCUT2D eigenvalue weighted by Gasteiger charge is -2.35. The molecule has 0 radical (unpaired) electrons. The Bertz CT molecular complexity index is 924. The molecular formula is C22H31N5O2. The number of H-pyrrole nitrogens is 1. The van der Waals surface area contributed by atoms with Gasteiger partial charge in [0.05, 0.1) is 0 Å². The lowest BCUT2D eigenvalue weighted by Crippen LogP contribution is -2.49. The highest BCUT2D eigenvalue weighted by atomic mass is 16.2. The van der Waals surface area contributed by atoms with Crippen LogP contribution in [-0.2, 0) is 6.42 Å². The van der Waals surface area contributed by atoms with E-state index in [2.05, 4.69) is 28.7 Å². The van der Waals surface area contributed by atoms with Crippen LogP contribution in [0.4, 0.5) is 5.82 Å². The summed E-state index contributed by atoms with van der Waals surface area (Å²) in [6.45, 7) is 14.2. The summed E-state index contributed by atoms with van der Waals surface area (Å²) in [4.78, 5) is 41.6. The van der Waals surface area contributed by atoms with Crippen molar-refractivity contribution in [2.45, 2.75) is 53.9 Å². The highest BCUT2D eigenvalue weighted by Crippen LogP contribution is 2.23. The van der Waals surface area contributed by atoms with E-state index in [-0.39, 0.29) is 17.6 Å². The molecule has 0 saturated carbocycles. The number of aryl methyl sites for hydroxylation is 2. The summed E-state index contributed by atoms with van der Waals surface area (Å²) in [5, 5.41) is 0. The molecule has 7 heteroatoms. The average molecular weight is 398 g/mol. The number of carbonyl (C=O) groups is 2. The number of aromatic nitrogens is 3. The molecule has 3 rings (SSSR count). The van der Waals surface area contributed by atoms with Crippen LogP contribution in [0, 0.1) is 13.8 Å². The summed E-state index contributed by atoms with van der Waals surface area (Å²) >= 11 is 0. The van der Waals surface area contributed by atoms with E-state index in [0.717, 1.165) is 41.7 Å². The van der Waals surface area contributed by atoms with Crippen molar-refractivity contribution in [3.05, 3.63) is 40.1 Å². The number of hydrogen-bond acceptors (Lipinski definition) is 5. The van der Waals surface area contributed by atoms with Crippen molar-refractivity contribution in [3.63, 3.8) is 0 Å². The molecule has 0 aliphatic carbocycles. The fourth-order valence-corrected chi connectivity index (χ4v) is 3.98. The molecular weight excluding hydrogens is 366 g/mol. The first kappa shape index (κ1) is 21.0. The third-order valence-corrected chi connectivity index (χ3v) is 5.48. The summed E-state index contributed by atoms with van der Waals surface area (Å²) in [6.07, 6.45) is 0.651. The van der Waals surface area contributed by atoms with Crippen molar-refractivity contribution in [3.8, 4) is 0 Å². The molecule has 1 aliphatic heterocycles. The quantitative estimate of drug-likeness (QED) is 0.783. The maximum atomic E-state index is 13.1. The molecule has 1 amide bonds. The van der Waals surface area contributed by atoms with Gasteiger partial charge >= 0.3 is 0 Å². The molecule has 3 heterocycles. The zero-order chi connectivity index (χ0) is 21.3. The smallest absolute Gasteiger partial charge is 0.270 e. The van der Waals surface area contributed by atoms with Gasteiger partial charge in [-0.05, 0) is 32.8 Å². The van der Waals surface area contributed by atoms with E-state index in [4.69, 9.17) is 4.98 Å². The zero-order valence-corrected chi connectivity index (χ0v) is 18.3. The normalized spacial score (nSPS) is 14.6. The molecule has 1 aliphatic rings. The second-order valence-corrected chi connectivity index (χ2v) is 8.05. The fourth-order valence-electron chi connectivity index (χ4n) is 3.98. The van der Waals surface area contributed by atoms with E-state index in [0.29, 0.717) is 30.8 Å². The first-order chi connectivity index (χ1) is 13.7. The Morgan fingerprint density at radius 2 is 1.79 bits per heavy atom. The number of anilines is 1. The summed E-state index contributed by atoms with van der Waals surface area (Å²) in [6, 6.07) is 2.01. The molecule has 2 aromatic heterocycles. The van der Waals surface area contributed by atoms with Crippen molar-refractivity contribution in [2.24, 2.45) is 0 Å². The molecule has 2 aromatic rings. The SMILES string of the molecule is CCc1c(C(=O)N2CCN(c3cc(C)nc(C(C)C)n3)CC2)[nH]c(C)c1C(C)=O. The van der Waals surface area contributed by atoms with E-state index in [1.165, 1.54) is 0 Å². The summed E-state index contributed by atoms with van der Waals surface area (Å²) < 4.78 is 0. The highest BCUT2D eigenvalue weighted by Gasteiger charge is 2.28. The Balaban J connectivity index is 1.76. The number of rotatable bonds is 5. The first-order valence-electron chi connectivity index (χ1n) is 10.3. The minimum Gasteiger partial charge on any atom is -0.354 e. The minimum absolute atomic E-state index is 0.000410. The molecule has 0 atom stereocenters. The third-order valence-electron chi connectivity index (χ3n) is 5.48. The van der Waals surface area contributed by atoms with Crippen LogP contribution in [0.25, 0.3) is 0 Å². The van der Waals surface area contributed by atoms with Gasteiger partial charge in [-0.2, -0.15) is 0 Å². The Morgan fingerprint density at radius 3 is 2.34 bits per heavy atom. The van der Waals surface area contributed by atoms with Gasteiger partial charge in [0.2, 0.25) is 0 Å². The van der Waals surface area contributed by atoms with Crippen molar-refractivity contribution in [2.75, 3.05) is 31.1 Å². The maximum absolute atomic E-state index is 13.1. The standard InChI is InChI=1S/C22H31N5O2/c1-7-17-19(16(6)28)15(5)24-20(17)22(29)27-10-8-26(9-11-27)18-12-14(4)23-21(25-18)13(2)3/h12-13,24H,7-11H2,1-6H3. The Hall–Kier alpha value is -2.70. The van der Waals surface area contributed by atoms with Crippen LogP contribution in [0.1, 0.15) is 77.2 Å². The molecule has 0 aromatic carbocycles. The first-order valence-corrected chi connectivity index (χ1v) is 10.3. The monoisotopic (exact) mass is 397 g/mol. The van der Waals surface area contributed by atoms with Gasteiger partial charge in [-0.15, -0.1) is 0 Å². The summed E-state index contributed by atoms with van der Waals surface area (Å²) in [5.74, 6) is 2.02. The van der Waals surface area contributed by atoms with Crippen molar-refractivity contribution in [1.29, 1.82) is 0 Å². The number of piperazine rings is 1. The van der Waals surface area contributed by atoms with Crippen LogP contribution in [0.3, 0.4) is 0 Å².